The zero-order valence-corrected chi connectivity index (χ0v) is 8.21. The molecule has 2 aliphatic rings. The topological polar surface area (TPSA) is 40.5 Å². The van der Waals surface area contributed by atoms with Gasteiger partial charge in [-0.05, 0) is 43.4 Å². The van der Waals surface area contributed by atoms with E-state index in [2.05, 4.69) is 0 Å². The zero-order chi connectivity index (χ0) is 9.31. The lowest BCUT2D eigenvalue weighted by Gasteiger charge is -2.47. The second-order valence-corrected chi connectivity index (χ2v) is 4.89. The Morgan fingerprint density at radius 3 is 2.77 bits per heavy atom. The van der Waals surface area contributed by atoms with Crippen molar-refractivity contribution in [3.8, 4) is 0 Å². The summed E-state index contributed by atoms with van der Waals surface area (Å²) in [6.45, 7) is 0.338. The molecule has 0 bridgehead atoms. The summed E-state index contributed by atoms with van der Waals surface area (Å²) < 4.78 is 0. The fourth-order valence-electron chi connectivity index (χ4n) is 3.26. The molecule has 0 aromatic rings. The van der Waals surface area contributed by atoms with Gasteiger partial charge in [0.15, 0.2) is 0 Å². The van der Waals surface area contributed by atoms with Crippen LogP contribution in [0.2, 0.25) is 0 Å². The monoisotopic (exact) mass is 184 g/mol. The molecular weight excluding hydrogens is 164 g/mol. The Kier molecular flexibility index (Phi) is 2.61. The van der Waals surface area contributed by atoms with E-state index in [1.165, 1.54) is 25.7 Å². The molecule has 0 saturated heterocycles. The van der Waals surface area contributed by atoms with Crippen LogP contribution in [0, 0.1) is 11.3 Å². The van der Waals surface area contributed by atoms with E-state index in [0.29, 0.717) is 12.5 Å². The highest BCUT2D eigenvalue weighted by Crippen LogP contribution is 2.49. The highest BCUT2D eigenvalue weighted by Gasteiger charge is 2.43. The largest absolute Gasteiger partial charge is 0.396 e. The van der Waals surface area contributed by atoms with Crippen molar-refractivity contribution in [2.75, 3.05) is 6.61 Å². The van der Waals surface area contributed by atoms with E-state index >= 15 is 0 Å². The number of aliphatic hydroxyl groups is 2. The molecule has 2 rings (SSSR count). The first-order valence-electron chi connectivity index (χ1n) is 5.56. The van der Waals surface area contributed by atoms with Crippen LogP contribution in [-0.2, 0) is 0 Å². The van der Waals surface area contributed by atoms with E-state index in [0.717, 1.165) is 19.3 Å². The van der Waals surface area contributed by atoms with E-state index in [9.17, 15) is 10.2 Å². The summed E-state index contributed by atoms with van der Waals surface area (Å²) >= 11 is 0. The maximum atomic E-state index is 9.58. The SMILES string of the molecule is OC[C@]12CCCC[C@@H]1C[C@@H](O)CC2. The third kappa shape index (κ3) is 1.62. The zero-order valence-electron chi connectivity index (χ0n) is 8.21. The van der Waals surface area contributed by atoms with Gasteiger partial charge in [-0.3, -0.25) is 0 Å². The normalized spacial score (nSPS) is 45.7. The molecule has 0 aliphatic heterocycles. The molecule has 0 amide bonds. The average Bonchev–Trinajstić information content (AvgIpc) is 2.18. The van der Waals surface area contributed by atoms with Crippen LogP contribution >= 0.6 is 0 Å². The highest BCUT2D eigenvalue weighted by atomic mass is 16.3. The first kappa shape index (κ1) is 9.47. The van der Waals surface area contributed by atoms with E-state index in [4.69, 9.17) is 0 Å². The molecule has 2 nitrogen and oxygen atoms in total. The molecule has 76 valence electrons. The van der Waals surface area contributed by atoms with Gasteiger partial charge in [-0.2, -0.15) is 0 Å². The molecule has 0 aromatic carbocycles. The van der Waals surface area contributed by atoms with Crippen LogP contribution in [-0.4, -0.2) is 22.9 Å². The third-order valence-corrected chi connectivity index (χ3v) is 4.19. The van der Waals surface area contributed by atoms with E-state index in [1.807, 2.05) is 0 Å². The summed E-state index contributed by atoms with van der Waals surface area (Å²) in [5, 5.41) is 19.1. The van der Waals surface area contributed by atoms with Gasteiger partial charge in [0.2, 0.25) is 0 Å². The lowest BCUT2D eigenvalue weighted by Crippen LogP contribution is -2.43. The van der Waals surface area contributed by atoms with Gasteiger partial charge >= 0.3 is 0 Å². The lowest BCUT2D eigenvalue weighted by molar-refractivity contribution is -0.0516. The number of hydrogen-bond donors (Lipinski definition) is 2. The van der Waals surface area contributed by atoms with Gasteiger partial charge in [0.05, 0.1) is 6.10 Å². The van der Waals surface area contributed by atoms with E-state index in [1.54, 1.807) is 0 Å². The molecular formula is C11H20O2. The number of aliphatic hydroxyl groups excluding tert-OH is 2. The lowest BCUT2D eigenvalue weighted by atomic mass is 9.59. The Morgan fingerprint density at radius 1 is 1.15 bits per heavy atom. The highest BCUT2D eigenvalue weighted by molar-refractivity contribution is 4.94. The predicted octanol–water partition coefficient (Wildman–Crippen LogP) is 1.70. The molecule has 2 N–H and O–H groups in total. The van der Waals surface area contributed by atoms with Crippen molar-refractivity contribution >= 4 is 0 Å². The van der Waals surface area contributed by atoms with Gasteiger partial charge in [0, 0.05) is 6.61 Å². The molecule has 3 atom stereocenters. The molecule has 2 fully saturated rings. The maximum Gasteiger partial charge on any atom is 0.0543 e. The minimum Gasteiger partial charge on any atom is -0.396 e. The van der Waals surface area contributed by atoms with E-state index in [-0.39, 0.29) is 11.5 Å². The summed E-state index contributed by atoms with van der Waals surface area (Å²) in [6.07, 6.45) is 7.74. The fraction of sp³-hybridized carbons (Fsp3) is 1.00. The minimum absolute atomic E-state index is 0.0947. The summed E-state index contributed by atoms with van der Waals surface area (Å²) in [4.78, 5) is 0. The molecule has 0 aromatic heterocycles. The summed E-state index contributed by atoms with van der Waals surface area (Å²) in [5.74, 6) is 0.593. The van der Waals surface area contributed by atoms with Gasteiger partial charge in [0.1, 0.15) is 0 Å². The first-order chi connectivity index (χ1) is 6.27. The number of hydrogen-bond acceptors (Lipinski definition) is 2. The summed E-state index contributed by atoms with van der Waals surface area (Å²) in [7, 11) is 0. The molecule has 0 spiro atoms. The van der Waals surface area contributed by atoms with Gasteiger partial charge < -0.3 is 10.2 Å². The predicted molar refractivity (Wildman–Crippen MR) is 51.3 cm³/mol. The fourth-order valence-corrected chi connectivity index (χ4v) is 3.26. The van der Waals surface area contributed by atoms with Crippen molar-refractivity contribution in [3.63, 3.8) is 0 Å². The first-order valence-corrected chi connectivity index (χ1v) is 5.56. The van der Waals surface area contributed by atoms with Crippen LogP contribution in [0.1, 0.15) is 44.9 Å². The van der Waals surface area contributed by atoms with Gasteiger partial charge in [0.25, 0.3) is 0 Å². The number of rotatable bonds is 1. The van der Waals surface area contributed by atoms with Crippen molar-refractivity contribution in [1.82, 2.24) is 0 Å². The summed E-state index contributed by atoms with van der Waals surface area (Å²) in [6, 6.07) is 0. The van der Waals surface area contributed by atoms with Crippen molar-refractivity contribution in [2.24, 2.45) is 11.3 Å². The molecule has 2 heteroatoms. The van der Waals surface area contributed by atoms with Crippen molar-refractivity contribution in [1.29, 1.82) is 0 Å². The second-order valence-electron chi connectivity index (χ2n) is 4.89. The summed E-state index contributed by atoms with van der Waals surface area (Å²) in [5.41, 5.74) is 0.192. The van der Waals surface area contributed by atoms with E-state index < -0.39 is 0 Å². The van der Waals surface area contributed by atoms with Crippen LogP contribution in [0.25, 0.3) is 0 Å². The molecule has 2 saturated carbocycles. The Balaban J connectivity index is 2.10. The van der Waals surface area contributed by atoms with Crippen molar-refractivity contribution in [3.05, 3.63) is 0 Å². The van der Waals surface area contributed by atoms with Crippen LogP contribution in [0.15, 0.2) is 0 Å². The Labute approximate surface area is 80.0 Å². The van der Waals surface area contributed by atoms with Crippen LogP contribution in [0.5, 0.6) is 0 Å². The van der Waals surface area contributed by atoms with Crippen LogP contribution in [0.4, 0.5) is 0 Å². The Morgan fingerprint density at radius 2 is 2.00 bits per heavy atom. The molecule has 2 aliphatic carbocycles. The third-order valence-electron chi connectivity index (χ3n) is 4.19. The van der Waals surface area contributed by atoms with Gasteiger partial charge in [-0.15, -0.1) is 0 Å². The van der Waals surface area contributed by atoms with Crippen molar-refractivity contribution in [2.45, 2.75) is 51.0 Å². The molecule has 0 heterocycles. The molecule has 13 heavy (non-hydrogen) atoms. The Hall–Kier alpha value is -0.0800. The minimum atomic E-state index is -0.0947. The quantitative estimate of drug-likeness (QED) is 0.651. The maximum absolute atomic E-state index is 9.58. The Bertz CT molecular complexity index is 181. The van der Waals surface area contributed by atoms with Gasteiger partial charge in [-0.1, -0.05) is 12.8 Å². The van der Waals surface area contributed by atoms with Crippen LogP contribution < -0.4 is 0 Å². The average molecular weight is 184 g/mol. The molecule has 0 unspecified atom stereocenters. The second kappa shape index (κ2) is 3.58. The smallest absolute Gasteiger partial charge is 0.0543 e. The van der Waals surface area contributed by atoms with Crippen molar-refractivity contribution < 1.29 is 10.2 Å². The number of fused-ring (bicyclic) bond motifs is 1. The molecule has 0 radical (unpaired) electrons. The van der Waals surface area contributed by atoms with Gasteiger partial charge in [-0.25, -0.2) is 0 Å². The standard InChI is InChI=1S/C11H20O2/c12-8-11-5-2-1-3-9(11)7-10(13)4-6-11/h9-10,12-13H,1-8H2/t9-,10+,11-/m1/s1. The van der Waals surface area contributed by atoms with Crippen LogP contribution in [0.3, 0.4) is 0 Å².